The van der Waals surface area contributed by atoms with Gasteiger partial charge in [0.25, 0.3) is 0 Å². The Hall–Kier alpha value is -6.26. The Morgan fingerprint density at radius 3 is 1.80 bits per heavy atom. The molecule has 302 valence electrons. The Kier molecular flexibility index (Phi) is 10.6. The summed E-state index contributed by atoms with van der Waals surface area (Å²) < 4.78 is 2.30. The smallest absolute Gasteiger partial charge is 0.149 e. The van der Waals surface area contributed by atoms with Crippen LogP contribution in [0.3, 0.4) is 0 Å². The molecule has 0 bridgehead atoms. The molecule has 0 saturated heterocycles. The number of hydrogen-bond acceptors (Lipinski definition) is 3. The highest BCUT2D eigenvalue weighted by atomic mass is 16.3. The van der Waals surface area contributed by atoms with E-state index in [9.17, 15) is 5.11 Å². The van der Waals surface area contributed by atoms with E-state index in [1.807, 2.05) is 12.3 Å². The normalized spacial score (nSPS) is 12.2. The van der Waals surface area contributed by atoms with E-state index in [0.717, 1.165) is 72.7 Å². The molecule has 2 heterocycles. The van der Waals surface area contributed by atoms with Gasteiger partial charge in [0.15, 0.2) is 0 Å². The van der Waals surface area contributed by atoms with Gasteiger partial charge in [-0.2, -0.15) is 0 Å². The van der Waals surface area contributed by atoms with Gasteiger partial charge in [-0.05, 0) is 116 Å². The third-order valence-corrected chi connectivity index (χ3v) is 11.8. The lowest BCUT2D eigenvalue weighted by atomic mass is 9.79. The summed E-state index contributed by atoms with van der Waals surface area (Å²) in [6, 6.07) is 49.8. The molecule has 2 aromatic heterocycles. The standard InChI is InChI=1S/C56H57N3O/c1-35(2)41-28-42(30-43(29-41)49-32-40(26-27-57-49)38-20-15-12-16-21-38)45-22-17-23-51-52(45)58-54(47-33-44(55(5,6)7)34-48(53(47)60)56(8,9)10)59(51)50-25-24-39(31-46(50)36(3)4)37-18-13-11-14-19-37/h11-36,60H,1-10H3. The summed E-state index contributed by atoms with van der Waals surface area (Å²) in [7, 11) is 0. The lowest BCUT2D eigenvalue weighted by molar-refractivity contribution is 0.446. The number of phenolic OH excluding ortho intramolecular Hbond substituents is 1. The first-order chi connectivity index (χ1) is 28.6. The summed E-state index contributed by atoms with van der Waals surface area (Å²) in [5, 5.41) is 12.4. The fourth-order valence-electron chi connectivity index (χ4n) is 8.28. The number of imidazole rings is 1. The van der Waals surface area contributed by atoms with Crippen LogP contribution in [0.4, 0.5) is 0 Å². The van der Waals surface area contributed by atoms with Crippen LogP contribution in [0.2, 0.25) is 0 Å². The van der Waals surface area contributed by atoms with Crippen LogP contribution >= 0.6 is 0 Å². The molecular formula is C56H57N3O. The number of aromatic nitrogens is 3. The van der Waals surface area contributed by atoms with Gasteiger partial charge in [0.05, 0.1) is 28.0 Å². The number of pyridine rings is 1. The van der Waals surface area contributed by atoms with E-state index in [-0.39, 0.29) is 28.4 Å². The van der Waals surface area contributed by atoms with Gasteiger partial charge < -0.3 is 5.11 Å². The van der Waals surface area contributed by atoms with E-state index in [0.29, 0.717) is 0 Å². The Balaban J connectivity index is 1.43. The lowest BCUT2D eigenvalue weighted by Gasteiger charge is -2.28. The molecule has 8 aromatic rings. The minimum absolute atomic E-state index is 0.162. The van der Waals surface area contributed by atoms with E-state index < -0.39 is 0 Å². The van der Waals surface area contributed by atoms with Gasteiger partial charge in [-0.15, -0.1) is 0 Å². The third kappa shape index (κ3) is 7.79. The molecule has 60 heavy (non-hydrogen) atoms. The quantitative estimate of drug-likeness (QED) is 0.167. The third-order valence-electron chi connectivity index (χ3n) is 11.8. The SMILES string of the molecule is CC(C)c1cc(-c2cc(-c3ccccc3)ccn2)cc(-c2cccc3c2nc(-c2cc(C(C)(C)C)cc(C(C)(C)C)c2O)n3-c2ccc(-c3ccccc3)cc2C(C)C)c1. The van der Waals surface area contributed by atoms with Gasteiger partial charge >= 0.3 is 0 Å². The molecule has 0 unspecified atom stereocenters. The van der Waals surface area contributed by atoms with E-state index in [1.54, 1.807) is 0 Å². The van der Waals surface area contributed by atoms with Gasteiger partial charge in [-0.25, -0.2) is 4.98 Å². The van der Waals surface area contributed by atoms with Crippen LogP contribution in [0.5, 0.6) is 5.75 Å². The summed E-state index contributed by atoms with van der Waals surface area (Å²) in [6.45, 7) is 22.2. The zero-order valence-corrected chi connectivity index (χ0v) is 36.8. The number of para-hydroxylation sites is 1. The maximum atomic E-state index is 12.4. The fraction of sp³-hybridized carbons (Fsp3) is 0.250. The number of rotatable bonds is 8. The molecule has 0 spiro atoms. The highest BCUT2D eigenvalue weighted by Gasteiger charge is 2.29. The Labute approximate surface area is 356 Å². The fourth-order valence-corrected chi connectivity index (χ4v) is 8.28. The van der Waals surface area contributed by atoms with Crippen molar-refractivity contribution in [1.29, 1.82) is 0 Å². The molecule has 1 N–H and O–H groups in total. The van der Waals surface area contributed by atoms with E-state index >= 15 is 0 Å². The molecule has 6 aromatic carbocycles. The first-order valence-electron chi connectivity index (χ1n) is 21.3. The Morgan fingerprint density at radius 1 is 0.533 bits per heavy atom. The van der Waals surface area contributed by atoms with Crippen LogP contribution in [0.25, 0.3) is 72.7 Å². The first-order valence-corrected chi connectivity index (χ1v) is 21.3. The van der Waals surface area contributed by atoms with Crippen molar-refractivity contribution in [3.05, 3.63) is 168 Å². The summed E-state index contributed by atoms with van der Waals surface area (Å²) >= 11 is 0. The van der Waals surface area contributed by atoms with Crippen molar-refractivity contribution in [2.75, 3.05) is 0 Å². The molecule has 0 atom stereocenters. The Morgan fingerprint density at radius 2 is 1.18 bits per heavy atom. The van der Waals surface area contributed by atoms with Gasteiger partial charge in [0.1, 0.15) is 11.6 Å². The topological polar surface area (TPSA) is 50.9 Å². The zero-order valence-electron chi connectivity index (χ0n) is 36.8. The summed E-state index contributed by atoms with van der Waals surface area (Å²) in [4.78, 5) is 10.5. The summed E-state index contributed by atoms with van der Waals surface area (Å²) in [5.74, 6) is 1.49. The predicted molar refractivity (Wildman–Crippen MR) is 253 cm³/mol. The number of aromatic hydroxyl groups is 1. The van der Waals surface area contributed by atoms with Crippen LogP contribution < -0.4 is 0 Å². The predicted octanol–water partition coefficient (Wildman–Crippen LogP) is 15.3. The monoisotopic (exact) mass is 787 g/mol. The Bertz CT molecular complexity index is 2830. The molecule has 0 aliphatic carbocycles. The maximum absolute atomic E-state index is 12.4. The van der Waals surface area contributed by atoms with Crippen LogP contribution in [0, 0.1) is 0 Å². The summed E-state index contributed by atoms with van der Waals surface area (Å²) in [6.07, 6.45) is 1.91. The van der Waals surface area contributed by atoms with Crippen molar-refractivity contribution < 1.29 is 5.11 Å². The van der Waals surface area contributed by atoms with E-state index in [1.165, 1.54) is 22.3 Å². The largest absolute Gasteiger partial charge is 0.507 e. The molecular weight excluding hydrogens is 731 g/mol. The lowest BCUT2D eigenvalue weighted by Crippen LogP contribution is -2.17. The van der Waals surface area contributed by atoms with Gasteiger partial charge in [0, 0.05) is 22.9 Å². The minimum Gasteiger partial charge on any atom is -0.507 e. The van der Waals surface area contributed by atoms with Gasteiger partial charge in [-0.1, -0.05) is 160 Å². The van der Waals surface area contributed by atoms with Crippen molar-refractivity contribution in [3.63, 3.8) is 0 Å². The number of benzene rings is 6. The number of fused-ring (bicyclic) bond motifs is 1. The number of hydrogen-bond donors (Lipinski definition) is 1. The zero-order chi connectivity index (χ0) is 42.5. The molecule has 0 radical (unpaired) electrons. The number of nitrogens with zero attached hydrogens (tertiary/aromatic N) is 3. The van der Waals surface area contributed by atoms with Crippen LogP contribution in [-0.4, -0.2) is 19.6 Å². The molecule has 0 fully saturated rings. The van der Waals surface area contributed by atoms with Crippen LogP contribution in [-0.2, 0) is 10.8 Å². The van der Waals surface area contributed by atoms with Crippen molar-refractivity contribution in [2.24, 2.45) is 0 Å². The maximum Gasteiger partial charge on any atom is 0.149 e. The average Bonchev–Trinajstić information content (AvgIpc) is 3.62. The second-order valence-corrected chi connectivity index (χ2v) is 19.0. The van der Waals surface area contributed by atoms with Gasteiger partial charge in [-0.3, -0.25) is 9.55 Å². The van der Waals surface area contributed by atoms with E-state index in [2.05, 4.69) is 207 Å². The average molecular weight is 788 g/mol. The molecule has 0 aliphatic heterocycles. The molecule has 8 rings (SSSR count). The first kappa shape index (κ1) is 40.5. The number of phenols is 1. The van der Waals surface area contributed by atoms with Crippen molar-refractivity contribution >= 4 is 11.0 Å². The van der Waals surface area contributed by atoms with E-state index in [4.69, 9.17) is 9.97 Å². The second kappa shape index (κ2) is 15.7. The molecule has 0 amide bonds. The van der Waals surface area contributed by atoms with Crippen LogP contribution in [0.1, 0.15) is 103 Å². The molecule has 0 saturated carbocycles. The van der Waals surface area contributed by atoms with Gasteiger partial charge in [0.2, 0.25) is 0 Å². The highest BCUT2D eigenvalue weighted by molar-refractivity contribution is 5.97. The molecule has 0 aliphatic rings. The summed E-state index contributed by atoms with van der Waals surface area (Å²) in [5.41, 5.74) is 16.4. The van der Waals surface area contributed by atoms with Crippen molar-refractivity contribution in [3.8, 4) is 67.5 Å². The molecule has 4 heteroatoms. The van der Waals surface area contributed by atoms with Crippen molar-refractivity contribution in [2.45, 2.75) is 91.9 Å². The van der Waals surface area contributed by atoms with Crippen LogP contribution in [0.15, 0.2) is 146 Å². The second-order valence-electron chi connectivity index (χ2n) is 19.0. The van der Waals surface area contributed by atoms with Crippen molar-refractivity contribution in [1.82, 2.24) is 14.5 Å². The molecule has 4 nitrogen and oxygen atoms in total. The minimum atomic E-state index is -0.304. The highest BCUT2D eigenvalue weighted by Crippen LogP contribution is 2.45.